The Morgan fingerprint density at radius 2 is 2.05 bits per heavy atom. The zero-order valence-electron chi connectivity index (χ0n) is 10.8. The van der Waals surface area contributed by atoms with Crippen LogP contribution >= 0.6 is 0 Å². The second-order valence-electron chi connectivity index (χ2n) is 4.84. The van der Waals surface area contributed by atoms with Gasteiger partial charge >= 0.3 is 11.7 Å². The number of carboxylic acid groups (broad SMARTS) is 1. The summed E-state index contributed by atoms with van der Waals surface area (Å²) >= 11 is 0. The van der Waals surface area contributed by atoms with Crippen LogP contribution < -0.4 is 5.32 Å². The molecule has 0 saturated carbocycles. The van der Waals surface area contributed by atoms with Gasteiger partial charge in [0.2, 0.25) is 11.7 Å². The molecule has 7 nitrogen and oxygen atoms in total. The van der Waals surface area contributed by atoms with Crippen LogP contribution in [-0.4, -0.2) is 21.9 Å². The third kappa shape index (κ3) is 3.74. The van der Waals surface area contributed by atoms with Crippen molar-refractivity contribution in [2.75, 3.05) is 5.32 Å². The van der Waals surface area contributed by atoms with Crippen LogP contribution in [0.3, 0.4) is 0 Å². The van der Waals surface area contributed by atoms with Crippen molar-refractivity contribution in [2.24, 2.45) is 5.41 Å². The van der Waals surface area contributed by atoms with Gasteiger partial charge in [0.05, 0.1) is 10.3 Å². The first-order chi connectivity index (χ1) is 9.13. The quantitative estimate of drug-likeness (QED) is 0.636. The van der Waals surface area contributed by atoms with Gasteiger partial charge in [0, 0.05) is 18.2 Å². The molecular weight excluding hydrogens is 271 g/mol. The van der Waals surface area contributed by atoms with E-state index in [0.717, 1.165) is 18.2 Å². The van der Waals surface area contributed by atoms with Gasteiger partial charge in [-0.15, -0.1) is 0 Å². The number of rotatable bonds is 5. The van der Waals surface area contributed by atoms with E-state index in [1.165, 1.54) is 13.8 Å². The molecule has 0 saturated heterocycles. The van der Waals surface area contributed by atoms with Crippen LogP contribution in [0.25, 0.3) is 0 Å². The van der Waals surface area contributed by atoms with Crippen LogP contribution in [-0.2, 0) is 9.59 Å². The number of carboxylic acids is 1. The van der Waals surface area contributed by atoms with Crippen molar-refractivity contribution in [3.05, 3.63) is 34.1 Å². The summed E-state index contributed by atoms with van der Waals surface area (Å²) in [7, 11) is 0. The topological polar surface area (TPSA) is 110 Å². The predicted molar refractivity (Wildman–Crippen MR) is 67.7 cm³/mol. The van der Waals surface area contributed by atoms with Gasteiger partial charge in [-0.25, -0.2) is 0 Å². The molecule has 1 rings (SSSR count). The monoisotopic (exact) mass is 284 g/mol. The first-order valence-corrected chi connectivity index (χ1v) is 5.60. The maximum atomic E-state index is 13.1. The second kappa shape index (κ2) is 5.64. The number of aliphatic carboxylic acids is 1. The van der Waals surface area contributed by atoms with E-state index in [9.17, 15) is 24.1 Å². The number of benzene rings is 1. The van der Waals surface area contributed by atoms with Gasteiger partial charge in [-0.1, -0.05) is 0 Å². The number of carbonyl (C=O) groups excluding carboxylic acids is 1. The van der Waals surface area contributed by atoms with Gasteiger partial charge in [-0.3, -0.25) is 19.7 Å². The Bertz CT molecular complexity index is 571. The molecular formula is C12H13FN2O5. The normalized spacial score (nSPS) is 10.9. The van der Waals surface area contributed by atoms with E-state index in [4.69, 9.17) is 5.11 Å². The van der Waals surface area contributed by atoms with E-state index in [0.29, 0.717) is 0 Å². The summed E-state index contributed by atoms with van der Waals surface area (Å²) in [5, 5.41) is 21.7. The molecule has 0 aliphatic heterocycles. The largest absolute Gasteiger partial charge is 0.481 e. The molecule has 1 aromatic rings. The van der Waals surface area contributed by atoms with Crippen LogP contribution in [0.1, 0.15) is 20.3 Å². The first-order valence-electron chi connectivity index (χ1n) is 5.60. The summed E-state index contributed by atoms with van der Waals surface area (Å²) in [4.78, 5) is 32.2. The fraction of sp³-hybridized carbons (Fsp3) is 0.333. The van der Waals surface area contributed by atoms with Gasteiger partial charge in [-0.05, 0) is 26.0 Å². The van der Waals surface area contributed by atoms with E-state index in [1.54, 1.807) is 0 Å². The van der Waals surface area contributed by atoms with Crippen LogP contribution in [0.5, 0.6) is 0 Å². The summed E-state index contributed by atoms with van der Waals surface area (Å²) in [6.45, 7) is 2.75. The minimum atomic E-state index is -1.27. The summed E-state index contributed by atoms with van der Waals surface area (Å²) in [5.74, 6) is -2.78. The lowest BCUT2D eigenvalue weighted by Gasteiger charge is -2.18. The molecule has 108 valence electrons. The van der Waals surface area contributed by atoms with E-state index in [1.807, 2.05) is 0 Å². The van der Waals surface area contributed by atoms with E-state index in [2.05, 4.69) is 5.32 Å². The number of hydrogen-bond donors (Lipinski definition) is 2. The van der Waals surface area contributed by atoms with Crippen LogP contribution in [0, 0.1) is 21.3 Å². The number of anilines is 1. The molecule has 0 bridgehead atoms. The fourth-order valence-corrected chi connectivity index (χ4v) is 1.41. The summed E-state index contributed by atoms with van der Waals surface area (Å²) in [6, 6.07) is 2.89. The molecule has 0 aromatic heterocycles. The Hall–Kier alpha value is -2.51. The van der Waals surface area contributed by atoms with Gasteiger partial charge in [0.15, 0.2) is 0 Å². The second-order valence-corrected chi connectivity index (χ2v) is 4.84. The standard InChI is InChI=1S/C12H13FN2O5/c1-12(2,11(17)18)6-10(16)14-7-3-4-8(13)9(5-7)15(19)20/h3-5H,6H2,1-2H3,(H,14,16)(H,17,18). The van der Waals surface area contributed by atoms with Crippen molar-refractivity contribution in [3.8, 4) is 0 Å². The van der Waals surface area contributed by atoms with Crippen molar-refractivity contribution >= 4 is 23.3 Å². The number of nitro benzene ring substituents is 1. The van der Waals surface area contributed by atoms with E-state index >= 15 is 0 Å². The van der Waals surface area contributed by atoms with Gasteiger partial charge in [0.25, 0.3) is 0 Å². The van der Waals surface area contributed by atoms with Crippen LogP contribution in [0.15, 0.2) is 18.2 Å². The maximum Gasteiger partial charge on any atom is 0.309 e. The molecule has 0 spiro atoms. The third-order valence-electron chi connectivity index (χ3n) is 2.61. The van der Waals surface area contributed by atoms with Crippen molar-refractivity contribution in [2.45, 2.75) is 20.3 Å². The molecule has 1 amide bonds. The Morgan fingerprint density at radius 3 is 2.55 bits per heavy atom. The number of halogens is 1. The molecule has 0 aliphatic rings. The number of nitro groups is 1. The fourth-order valence-electron chi connectivity index (χ4n) is 1.41. The summed E-state index contributed by atoms with van der Waals surface area (Å²) in [6.07, 6.45) is -0.312. The van der Waals surface area contributed by atoms with Gasteiger partial charge in [0.1, 0.15) is 0 Å². The smallest absolute Gasteiger partial charge is 0.309 e. The lowest BCUT2D eigenvalue weighted by molar-refractivity contribution is -0.387. The number of carbonyl (C=O) groups is 2. The van der Waals surface area contributed by atoms with Gasteiger partial charge < -0.3 is 10.4 Å². The zero-order valence-corrected chi connectivity index (χ0v) is 10.8. The molecule has 8 heteroatoms. The molecule has 0 radical (unpaired) electrons. The highest BCUT2D eigenvalue weighted by molar-refractivity contribution is 5.94. The highest BCUT2D eigenvalue weighted by Crippen LogP contribution is 2.24. The molecule has 20 heavy (non-hydrogen) atoms. The number of nitrogens with zero attached hydrogens (tertiary/aromatic N) is 1. The Balaban J connectivity index is 2.84. The molecule has 0 atom stereocenters. The highest BCUT2D eigenvalue weighted by Gasteiger charge is 2.30. The minimum absolute atomic E-state index is 0.0317. The molecule has 0 unspecified atom stereocenters. The molecule has 0 aliphatic carbocycles. The lowest BCUT2D eigenvalue weighted by atomic mass is 9.89. The van der Waals surface area contributed by atoms with Crippen molar-refractivity contribution in [1.29, 1.82) is 0 Å². The Kier molecular flexibility index (Phi) is 4.38. The molecule has 1 aromatic carbocycles. The maximum absolute atomic E-state index is 13.1. The Morgan fingerprint density at radius 1 is 1.45 bits per heavy atom. The highest BCUT2D eigenvalue weighted by atomic mass is 19.1. The summed E-state index contributed by atoms with van der Waals surface area (Å²) in [5.41, 5.74) is -2.00. The SMILES string of the molecule is CC(C)(CC(=O)Nc1ccc(F)c([N+](=O)[O-])c1)C(=O)O. The average molecular weight is 284 g/mol. The molecule has 0 fully saturated rings. The van der Waals surface area contributed by atoms with Crippen LogP contribution in [0.4, 0.5) is 15.8 Å². The number of hydrogen-bond acceptors (Lipinski definition) is 4. The molecule has 0 heterocycles. The minimum Gasteiger partial charge on any atom is -0.481 e. The van der Waals surface area contributed by atoms with Gasteiger partial charge in [-0.2, -0.15) is 4.39 Å². The third-order valence-corrected chi connectivity index (χ3v) is 2.61. The predicted octanol–water partition coefficient (Wildman–Crippen LogP) is 2.17. The van der Waals surface area contributed by atoms with E-state index < -0.39 is 33.7 Å². The number of nitrogens with one attached hydrogen (secondary N) is 1. The number of amides is 1. The molecule has 2 N–H and O–H groups in total. The van der Waals surface area contributed by atoms with E-state index in [-0.39, 0.29) is 12.1 Å². The lowest BCUT2D eigenvalue weighted by Crippen LogP contribution is -2.29. The van der Waals surface area contributed by atoms with Crippen molar-refractivity contribution < 1.29 is 24.0 Å². The Labute approximate surface area is 113 Å². The van der Waals surface area contributed by atoms with Crippen molar-refractivity contribution in [1.82, 2.24) is 0 Å². The van der Waals surface area contributed by atoms with Crippen LogP contribution in [0.2, 0.25) is 0 Å². The zero-order chi connectivity index (χ0) is 15.5. The summed E-state index contributed by atoms with van der Waals surface area (Å²) < 4.78 is 13.1. The average Bonchev–Trinajstić information content (AvgIpc) is 2.30. The first kappa shape index (κ1) is 15.5. The van der Waals surface area contributed by atoms with Crippen molar-refractivity contribution in [3.63, 3.8) is 0 Å².